The van der Waals surface area contributed by atoms with Crippen molar-refractivity contribution in [2.24, 2.45) is 0 Å². The molecule has 0 spiro atoms. The molecule has 15 heavy (non-hydrogen) atoms. The summed E-state index contributed by atoms with van der Waals surface area (Å²) in [6, 6.07) is 5.82. The van der Waals surface area contributed by atoms with E-state index in [4.69, 9.17) is 0 Å². The molecule has 1 N–H and O–H groups in total. The first-order valence-corrected chi connectivity index (χ1v) is 6.03. The molecule has 0 aromatic carbocycles. The standard InChI is InChI=1S/C13H20N2/c1-2-12-10-13(15-12)5-3-4-11-6-8-14-9-7-11/h6-9,12-13,15H,2-5,10H2,1H3. The Morgan fingerprint density at radius 2 is 2.07 bits per heavy atom. The third kappa shape index (κ3) is 3.03. The highest BCUT2D eigenvalue weighted by molar-refractivity contribution is 5.09. The van der Waals surface area contributed by atoms with Gasteiger partial charge in [0.1, 0.15) is 0 Å². The molecule has 2 heteroatoms. The fourth-order valence-electron chi connectivity index (χ4n) is 2.24. The summed E-state index contributed by atoms with van der Waals surface area (Å²) in [5, 5.41) is 3.60. The van der Waals surface area contributed by atoms with Gasteiger partial charge in [0, 0.05) is 24.5 Å². The van der Waals surface area contributed by atoms with Crippen LogP contribution in [0.15, 0.2) is 24.5 Å². The smallest absolute Gasteiger partial charge is 0.0270 e. The number of nitrogens with zero attached hydrogens (tertiary/aromatic N) is 1. The van der Waals surface area contributed by atoms with Crippen LogP contribution >= 0.6 is 0 Å². The molecule has 0 aliphatic carbocycles. The van der Waals surface area contributed by atoms with Crippen LogP contribution in [-0.2, 0) is 6.42 Å². The van der Waals surface area contributed by atoms with Crippen LogP contribution in [0.3, 0.4) is 0 Å². The first kappa shape index (κ1) is 10.6. The minimum atomic E-state index is 0.789. The minimum Gasteiger partial charge on any atom is -0.311 e. The van der Waals surface area contributed by atoms with E-state index in [9.17, 15) is 0 Å². The van der Waals surface area contributed by atoms with E-state index in [1.807, 2.05) is 12.4 Å². The van der Waals surface area contributed by atoms with Crippen molar-refractivity contribution in [2.75, 3.05) is 0 Å². The van der Waals surface area contributed by atoms with Gasteiger partial charge in [0.25, 0.3) is 0 Å². The summed E-state index contributed by atoms with van der Waals surface area (Å²) < 4.78 is 0. The van der Waals surface area contributed by atoms with Crippen molar-refractivity contribution in [3.8, 4) is 0 Å². The number of hydrogen-bond donors (Lipinski definition) is 1. The van der Waals surface area contributed by atoms with E-state index in [-0.39, 0.29) is 0 Å². The molecule has 0 amide bonds. The van der Waals surface area contributed by atoms with Gasteiger partial charge in [-0.25, -0.2) is 0 Å². The van der Waals surface area contributed by atoms with Crippen molar-refractivity contribution in [3.05, 3.63) is 30.1 Å². The lowest BCUT2D eigenvalue weighted by molar-refractivity contribution is 0.242. The van der Waals surface area contributed by atoms with E-state index in [1.54, 1.807) is 0 Å². The molecule has 2 heterocycles. The Kier molecular flexibility index (Phi) is 3.73. The van der Waals surface area contributed by atoms with Gasteiger partial charge in [0.05, 0.1) is 0 Å². The lowest BCUT2D eigenvalue weighted by Crippen LogP contribution is -2.51. The molecule has 1 aliphatic heterocycles. The van der Waals surface area contributed by atoms with Crippen molar-refractivity contribution in [2.45, 2.75) is 51.1 Å². The van der Waals surface area contributed by atoms with E-state index < -0.39 is 0 Å². The average Bonchev–Trinajstić information content (AvgIpc) is 2.23. The molecular weight excluding hydrogens is 184 g/mol. The summed E-state index contributed by atoms with van der Waals surface area (Å²) in [5.74, 6) is 0. The van der Waals surface area contributed by atoms with Crippen molar-refractivity contribution in [1.29, 1.82) is 0 Å². The molecule has 0 bridgehead atoms. The van der Waals surface area contributed by atoms with Crippen LogP contribution in [-0.4, -0.2) is 17.1 Å². The van der Waals surface area contributed by atoms with Crippen LogP contribution in [0, 0.1) is 0 Å². The van der Waals surface area contributed by atoms with E-state index in [0.717, 1.165) is 12.1 Å². The van der Waals surface area contributed by atoms with Crippen LogP contribution in [0.25, 0.3) is 0 Å². The molecule has 0 saturated carbocycles. The summed E-state index contributed by atoms with van der Waals surface area (Å²) in [5.41, 5.74) is 1.41. The van der Waals surface area contributed by atoms with Gasteiger partial charge in [-0.05, 0) is 49.8 Å². The van der Waals surface area contributed by atoms with Gasteiger partial charge < -0.3 is 5.32 Å². The average molecular weight is 204 g/mol. The van der Waals surface area contributed by atoms with Crippen LogP contribution < -0.4 is 5.32 Å². The van der Waals surface area contributed by atoms with E-state index in [0.29, 0.717) is 0 Å². The van der Waals surface area contributed by atoms with Gasteiger partial charge >= 0.3 is 0 Å². The zero-order valence-corrected chi connectivity index (χ0v) is 9.45. The van der Waals surface area contributed by atoms with Crippen LogP contribution in [0.5, 0.6) is 0 Å². The molecule has 1 aromatic heterocycles. The summed E-state index contributed by atoms with van der Waals surface area (Å²) in [4.78, 5) is 4.02. The topological polar surface area (TPSA) is 24.9 Å². The Bertz CT molecular complexity index is 278. The van der Waals surface area contributed by atoms with Crippen LogP contribution in [0.2, 0.25) is 0 Å². The Balaban J connectivity index is 1.60. The van der Waals surface area contributed by atoms with E-state index in [1.165, 1.54) is 37.7 Å². The normalized spacial score (nSPS) is 24.9. The lowest BCUT2D eigenvalue weighted by Gasteiger charge is -2.37. The van der Waals surface area contributed by atoms with Crippen molar-refractivity contribution >= 4 is 0 Å². The fraction of sp³-hybridized carbons (Fsp3) is 0.615. The van der Waals surface area contributed by atoms with Crippen molar-refractivity contribution < 1.29 is 0 Å². The molecule has 2 unspecified atom stereocenters. The summed E-state index contributed by atoms with van der Waals surface area (Å²) in [6.45, 7) is 2.25. The Hall–Kier alpha value is -0.890. The molecular formula is C13H20N2. The van der Waals surface area contributed by atoms with Gasteiger partial charge in [0.15, 0.2) is 0 Å². The number of aromatic nitrogens is 1. The largest absolute Gasteiger partial charge is 0.311 e. The minimum absolute atomic E-state index is 0.789. The molecule has 1 saturated heterocycles. The van der Waals surface area contributed by atoms with Gasteiger partial charge in [0.2, 0.25) is 0 Å². The third-order valence-corrected chi connectivity index (χ3v) is 3.30. The number of nitrogens with one attached hydrogen (secondary N) is 1. The summed E-state index contributed by atoms with van der Waals surface area (Å²) in [6.07, 6.45) is 10.2. The number of rotatable bonds is 5. The molecule has 0 radical (unpaired) electrons. The van der Waals surface area contributed by atoms with E-state index >= 15 is 0 Å². The van der Waals surface area contributed by atoms with Gasteiger partial charge in [-0.15, -0.1) is 0 Å². The second-order valence-electron chi connectivity index (χ2n) is 4.45. The maximum Gasteiger partial charge on any atom is 0.0270 e. The fourth-order valence-corrected chi connectivity index (χ4v) is 2.24. The number of pyridine rings is 1. The van der Waals surface area contributed by atoms with Crippen molar-refractivity contribution in [3.63, 3.8) is 0 Å². The highest BCUT2D eigenvalue weighted by Gasteiger charge is 2.25. The molecule has 2 atom stereocenters. The third-order valence-electron chi connectivity index (χ3n) is 3.30. The lowest BCUT2D eigenvalue weighted by atomic mass is 9.90. The Labute approximate surface area is 92.1 Å². The molecule has 1 fully saturated rings. The molecule has 1 aliphatic rings. The summed E-state index contributed by atoms with van der Waals surface area (Å²) in [7, 11) is 0. The first-order chi connectivity index (χ1) is 7.38. The zero-order valence-electron chi connectivity index (χ0n) is 9.45. The van der Waals surface area contributed by atoms with Gasteiger partial charge in [-0.2, -0.15) is 0 Å². The monoisotopic (exact) mass is 204 g/mol. The van der Waals surface area contributed by atoms with Gasteiger partial charge in [-0.1, -0.05) is 6.92 Å². The predicted octanol–water partition coefficient (Wildman–Crippen LogP) is 2.54. The molecule has 2 nitrogen and oxygen atoms in total. The van der Waals surface area contributed by atoms with Crippen LogP contribution in [0.4, 0.5) is 0 Å². The molecule has 1 aromatic rings. The Morgan fingerprint density at radius 1 is 1.33 bits per heavy atom. The van der Waals surface area contributed by atoms with E-state index in [2.05, 4.69) is 29.4 Å². The zero-order chi connectivity index (χ0) is 10.5. The highest BCUT2D eigenvalue weighted by atomic mass is 15.0. The molecule has 82 valence electrons. The quantitative estimate of drug-likeness (QED) is 0.797. The second-order valence-corrected chi connectivity index (χ2v) is 4.45. The molecule has 2 rings (SSSR count). The van der Waals surface area contributed by atoms with Crippen molar-refractivity contribution in [1.82, 2.24) is 10.3 Å². The SMILES string of the molecule is CCC1CC(CCCc2ccncc2)N1. The van der Waals surface area contributed by atoms with Gasteiger partial charge in [-0.3, -0.25) is 4.98 Å². The van der Waals surface area contributed by atoms with Crippen LogP contribution in [0.1, 0.15) is 38.2 Å². The maximum atomic E-state index is 4.02. The maximum absolute atomic E-state index is 4.02. The number of aryl methyl sites for hydroxylation is 1. The Morgan fingerprint density at radius 3 is 2.73 bits per heavy atom. The second kappa shape index (κ2) is 5.26. The predicted molar refractivity (Wildman–Crippen MR) is 62.8 cm³/mol. The first-order valence-electron chi connectivity index (χ1n) is 6.03. The number of hydrogen-bond acceptors (Lipinski definition) is 2. The summed E-state index contributed by atoms with van der Waals surface area (Å²) >= 11 is 0. The highest BCUT2D eigenvalue weighted by Crippen LogP contribution is 2.19.